The first-order chi connectivity index (χ1) is 8.65. The number of hydrogen-bond donors (Lipinski definition) is 0. The lowest BCUT2D eigenvalue weighted by Crippen LogP contribution is -2.26. The smallest absolute Gasteiger partial charge is 0.212 e. The first kappa shape index (κ1) is 13.5. The fraction of sp³-hybridized carbons (Fsp3) is 0.250. The Labute approximate surface area is 121 Å². The molecule has 96 valence electrons. The molecule has 0 atom stereocenters. The lowest BCUT2D eigenvalue weighted by atomic mass is 10.2. The lowest BCUT2D eigenvalue weighted by Gasteiger charge is -2.23. The Hall–Kier alpha value is -0.880. The van der Waals surface area contributed by atoms with Crippen LogP contribution >= 0.6 is 31.9 Å². The highest BCUT2D eigenvalue weighted by Gasteiger charge is 2.12. The van der Waals surface area contributed by atoms with Crippen molar-refractivity contribution >= 4 is 37.5 Å². The number of aromatic nitrogens is 1. The Morgan fingerprint density at radius 1 is 1.33 bits per heavy atom. The fourth-order valence-corrected chi connectivity index (χ4v) is 2.28. The number of hydrogen-bond acceptors (Lipinski definition) is 3. The number of rotatable bonds is 5. The second-order valence-corrected chi connectivity index (χ2v) is 7.18. The van der Waals surface area contributed by atoms with Crippen molar-refractivity contribution < 1.29 is 8.81 Å². The molecule has 0 radical (unpaired) electrons. The van der Waals surface area contributed by atoms with Crippen molar-refractivity contribution in [1.82, 2.24) is 4.98 Å². The summed E-state index contributed by atoms with van der Waals surface area (Å²) in [5, 5.41) is 0. The highest BCUT2D eigenvalue weighted by molar-refractivity contribution is 9.24. The standard InChI is InChI=1S/C12H11Br2FN2O/c13-11(14)7-17(10-3-4-18-8-10)6-9-1-2-12(15)16-5-9/h1-5,8,11H,6-7H2. The number of nitrogens with zero attached hydrogens (tertiary/aromatic N) is 2. The summed E-state index contributed by atoms with van der Waals surface area (Å²) in [6.45, 7) is 1.39. The van der Waals surface area contributed by atoms with Crippen molar-refractivity contribution in [3.63, 3.8) is 0 Å². The minimum Gasteiger partial charge on any atom is -0.470 e. The summed E-state index contributed by atoms with van der Waals surface area (Å²) in [6, 6.07) is 4.98. The van der Waals surface area contributed by atoms with Crippen molar-refractivity contribution in [2.24, 2.45) is 0 Å². The highest BCUT2D eigenvalue weighted by atomic mass is 79.9. The SMILES string of the molecule is Fc1ccc(CN(CC(Br)Br)c2ccoc2)cn1. The van der Waals surface area contributed by atoms with Crippen LogP contribution in [0.2, 0.25) is 0 Å². The van der Waals surface area contributed by atoms with Crippen molar-refractivity contribution in [1.29, 1.82) is 0 Å². The van der Waals surface area contributed by atoms with Crippen molar-refractivity contribution in [3.05, 3.63) is 48.4 Å². The molecule has 0 saturated carbocycles. The van der Waals surface area contributed by atoms with Crippen LogP contribution in [0.1, 0.15) is 5.56 Å². The van der Waals surface area contributed by atoms with Crippen LogP contribution in [0.15, 0.2) is 41.3 Å². The molecular formula is C12H11Br2FN2O. The van der Waals surface area contributed by atoms with Gasteiger partial charge < -0.3 is 9.32 Å². The second kappa shape index (κ2) is 6.33. The van der Waals surface area contributed by atoms with Crippen molar-refractivity contribution in [2.75, 3.05) is 11.4 Å². The molecule has 0 N–H and O–H groups in total. The number of anilines is 1. The predicted molar refractivity (Wildman–Crippen MR) is 75.6 cm³/mol. The summed E-state index contributed by atoms with van der Waals surface area (Å²) in [5.74, 6) is -0.465. The summed E-state index contributed by atoms with van der Waals surface area (Å²) in [7, 11) is 0. The van der Waals surface area contributed by atoms with Gasteiger partial charge in [-0.25, -0.2) is 4.98 Å². The van der Waals surface area contributed by atoms with E-state index < -0.39 is 5.95 Å². The van der Waals surface area contributed by atoms with Crippen LogP contribution in [0, 0.1) is 5.95 Å². The molecule has 2 aromatic rings. The molecule has 0 aliphatic carbocycles. The van der Waals surface area contributed by atoms with Crippen LogP contribution in [0.25, 0.3) is 0 Å². The minimum absolute atomic E-state index is 0.160. The van der Waals surface area contributed by atoms with Gasteiger partial charge in [0.25, 0.3) is 0 Å². The van der Waals surface area contributed by atoms with Crippen LogP contribution in [0.3, 0.4) is 0 Å². The molecule has 0 aliphatic rings. The molecule has 3 nitrogen and oxygen atoms in total. The normalized spacial score (nSPS) is 10.9. The Kier molecular flexibility index (Phi) is 4.77. The van der Waals surface area contributed by atoms with Crippen molar-refractivity contribution in [3.8, 4) is 0 Å². The van der Waals surface area contributed by atoms with E-state index in [0.717, 1.165) is 17.8 Å². The molecule has 0 aliphatic heterocycles. The molecule has 6 heteroatoms. The van der Waals surface area contributed by atoms with Crippen LogP contribution in [0.5, 0.6) is 0 Å². The minimum atomic E-state index is -0.465. The second-order valence-electron chi connectivity index (χ2n) is 3.74. The van der Waals surface area contributed by atoms with E-state index in [4.69, 9.17) is 4.42 Å². The van der Waals surface area contributed by atoms with Crippen LogP contribution < -0.4 is 4.90 Å². The molecule has 0 amide bonds. The predicted octanol–water partition coefficient (Wildman–Crippen LogP) is 3.94. The molecule has 0 bridgehead atoms. The van der Waals surface area contributed by atoms with E-state index in [1.165, 1.54) is 6.07 Å². The van der Waals surface area contributed by atoms with Gasteiger partial charge in [0.1, 0.15) is 6.26 Å². The maximum absolute atomic E-state index is 12.8. The molecule has 2 heterocycles. The Bertz CT molecular complexity index is 473. The molecular weight excluding hydrogens is 367 g/mol. The molecule has 0 saturated heterocycles. The van der Waals surface area contributed by atoms with Gasteiger partial charge in [0.05, 0.1) is 15.7 Å². The molecule has 0 aromatic carbocycles. The Morgan fingerprint density at radius 2 is 2.17 bits per heavy atom. The number of halogens is 3. The Morgan fingerprint density at radius 3 is 2.72 bits per heavy atom. The summed E-state index contributed by atoms with van der Waals surface area (Å²) >= 11 is 6.91. The first-order valence-electron chi connectivity index (χ1n) is 5.31. The molecule has 18 heavy (non-hydrogen) atoms. The number of pyridine rings is 1. The van der Waals surface area contributed by atoms with E-state index >= 15 is 0 Å². The summed E-state index contributed by atoms with van der Waals surface area (Å²) in [6.07, 6.45) is 4.85. The molecule has 2 aromatic heterocycles. The maximum Gasteiger partial charge on any atom is 0.212 e. The average molecular weight is 378 g/mol. The Balaban J connectivity index is 2.12. The fourth-order valence-electron chi connectivity index (χ4n) is 1.59. The van der Waals surface area contributed by atoms with Crippen LogP contribution in [0.4, 0.5) is 10.1 Å². The number of furan rings is 1. The maximum atomic E-state index is 12.8. The van der Waals surface area contributed by atoms with Gasteiger partial charge in [-0.15, -0.1) is 0 Å². The molecule has 0 spiro atoms. The first-order valence-corrected chi connectivity index (χ1v) is 7.14. The van der Waals surface area contributed by atoms with Gasteiger partial charge in [0.15, 0.2) is 0 Å². The van der Waals surface area contributed by atoms with E-state index in [2.05, 4.69) is 41.7 Å². The molecule has 0 unspecified atom stereocenters. The third-order valence-corrected chi connectivity index (χ3v) is 2.97. The van der Waals surface area contributed by atoms with E-state index in [0.29, 0.717) is 6.54 Å². The van der Waals surface area contributed by atoms with Gasteiger partial charge >= 0.3 is 0 Å². The third kappa shape index (κ3) is 3.81. The summed E-state index contributed by atoms with van der Waals surface area (Å²) in [5.41, 5.74) is 1.92. The van der Waals surface area contributed by atoms with Gasteiger partial charge in [-0.3, -0.25) is 0 Å². The zero-order valence-corrected chi connectivity index (χ0v) is 12.6. The van der Waals surface area contributed by atoms with E-state index in [9.17, 15) is 4.39 Å². The topological polar surface area (TPSA) is 29.3 Å². The van der Waals surface area contributed by atoms with E-state index in [1.54, 1.807) is 24.8 Å². The van der Waals surface area contributed by atoms with Gasteiger partial charge in [0, 0.05) is 19.3 Å². The largest absolute Gasteiger partial charge is 0.470 e. The molecule has 2 rings (SSSR count). The van der Waals surface area contributed by atoms with Crippen LogP contribution in [-0.4, -0.2) is 15.3 Å². The van der Waals surface area contributed by atoms with Gasteiger partial charge in [-0.2, -0.15) is 4.39 Å². The van der Waals surface area contributed by atoms with Gasteiger partial charge in [-0.05, 0) is 17.7 Å². The highest BCUT2D eigenvalue weighted by Crippen LogP contribution is 2.21. The van der Waals surface area contributed by atoms with E-state index in [1.807, 2.05) is 6.07 Å². The summed E-state index contributed by atoms with van der Waals surface area (Å²) < 4.78 is 18.0. The third-order valence-electron chi connectivity index (χ3n) is 2.39. The van der Waals surface area contributed by atoms with Crippen molar-refractivity contribution in [2.45, 2.75) is 10.3 Å². The lowest BCUT2D eigenvalue weighted by molar-refractivity contribution is 0.565. The van der Waals surface area contributed by atoms with E-state index in [-0.39, 0.29) is 3.74 Å². The number of alkyl halides is 2. The molecule has 0 fully saturated rings. The average Bonchev–Trinajstić information content (AvgIpc) is 2.84. The quantitative estimate of drug-likeness (QED) is 0.583. The van der Waals surface area contributed by atoms with Gasteiger partial charge in [0.2, 0.25) is 5.95 Å². The monoisotopic (exact) mass is 376 g/mol. The summed E-state index contributed by atoms with van der Waals surface area (Å²) in [4.78, 5) is 5.76. The zero-order chi connectivity index (χ0) is 13.0. The zero-order valence-electron chi connectivity index (χ0n) is 9.39. The van der Waals surface area contributed by atoms with Gasteiger partial charge in [-0.1, -0.05) is 37.9 Å². The van der Waals surface area contributed by atoms with Crippen LogP contribution in [-0.2, 0) is 6.54 Å².